The van der Waals surface area contributed by atoms with Crippen molar-refractivity contribution in [2.24, 2.45) is 16.1 Å². The first-order valence-electron chi connectivity index (χ1n) is 7.22. The second kappa shape index (κ2) is 5.83. The Kier molecular flexibility index (Phi) is 4.87. The second-order valence-electron chi connectivity index (χ2n) is 7.73. The van der Waals surface area contributed by atoms with Gasteiger partial charge in [0.05, 0.1) is 0 Å². The van der Waals surface area contributed by atoms with E-state index >= 15 is 0 Å². The monoisotopic (exact) mass is 310 g/mol. The summed E-state index contributed by atoms with van der Waals surface area (Å²) in [5.41, 5.74) is -1.19. The maximum Gasteiger partial charge on any atom is 0.263 e. The van der Waals surface area contributed by atoms with Gasteiger partial charge in [0.2, 0.25) is 0 Å². The van der Waals surface area contributed by atoms with Crippen LogP contribution in [-0.4, -0.2) is 35.1 Å². The van der Waals surface area contributed by atoms with Crippen LogP contribution < -0.4 is 0 Å². The van der Waals surface area contributed by atoms with E-state index in [2.05, 4.69) is 5.28 Å². The molecule has 0 aromatic rings. The van der Waals surface area contributed by atoms with Gasteiger partial charge < -0.3 is 15.2 Å². The predicted molar refractivity (Wildman–Crippen MR) is 82.5 cm³/mol. The van der Waals surface area contributed by atoms with Crippen molar-refractivity contribution in [2.75, 3.05) is 13.7 Å². The highest BCUT2D eigenvalue weighted by Crippen LogP contribution is 2.41. The second-order valence-corrected chi connectivity index (χ2v) is 7.73. The molecule has 1 N–H and O–H groups in total. The molecule has 0 unspecified atom stereocenters. The highest BCUT2D eigenvalue weighted by Gasteiger charge is 2.47. The smallest absolute Gasteiger partial charge is 0.263 e. The number of rotatable bonds is 3. The summed E-state index contributed by atoms with van der Waals surface area (Å²) in [6, 6.07) is 0. The van der Waals surface area contributed by atoms with Crippen molar-refractivity contribution < 1.29 is 19.6 Å². The van der Waals surface area contributed by atoms with Crippen LogP contribution in [0, 0.1) is 16.0 Å². The molecule has 1 aliphatic carbocycles. The Morgan fingerprint density at radius 2 is 1.59 bits per heavy atom. The molecular weight excluding hydrogens is 284 g/mol. The van der Waals surface area contributed by atoms with Crippen molar-refractivity contribution in [1.29, 1.82) is 0 Å². The van der Waals surface area contributed by atoms with Gasteiger partial charge in [0, 0.05) is 30.4 Å². The minimum Gasteiger partial charge on any atom is -0.596 e. The van der Waals surface area contributed by atoms with E-state index in [1.165, 1.54) is 7.11 Å². The topological polar surface area (TPSA) is 85.0 Å². The van der Waals surface area contributed by atoms with Crippen LogP contribution in [0.25, 0.3) is 0 Å². The van der Waals surface area contributed by atoms with Gasteiger partial charge in [0.25, 0.3) is 5.54 Å². The number of ether oxygens (including phenoxy) is 1. The minimum atomic E-state index is -1.33. The van der Waals surface area contributed by atoms with Gasteiger partial charge in [-0.05, 0) is 15.7 Å². The molecule has 0 atom stereocenters. The Balaban J connectivity index is 3.68. The van der Waals surface area contributed by atoms with Gasteiger partial charge in [-0.3, -0.25) is 4.79 Å². The minimum absolute atomic E-state index is 0.0208. The molecule has 0 saturated carbocycles. The molecule has 0 saturated heterocycles. The SMILES string of the molecule is COCC1([N+]([O-])=NO)C=C(C(C)(C)C)C(=O)C(C(C)(C)C)=C1. The lowest BCUT2D eigenvalue weighted by atomic mass is 9.69. The van der Waals surface area contributed by atoms with Gasteiger partial charge in [0.15, 0.2) is 11.1 Å². The summed E-state index contributed by atoms with van der Waals surface area (Å²) in [6.07, 6.45) is 3.11. The van der Waals surface area contributed by atoms with Gasteiger partial charge in [-0.25, -0.2) is 0 Å². The standard InChI is InChI=1S/C16H26N2O4/c1-14(2,3)11-8-16(10-22-7,18(21)17-20)9-12(13(11)19)15(4,5)6/h8-9,20H,10H2,1-7H3. The van der Waals surface area contributed by atoms with Gasteiger partial charge in [-0.1, -0.05) is 41.5 Å². The molecule has 0 fully saturated rings. The van der Waals surface area contributed by atoms with Gasteiger partial charge in [-0.15, -0.1) is 0 Å². The number of carbonyl (C=O) groups is 1. The molecule has 124 valence electrons. The van der Waals surface area contributed by atoms with Crippen LogP contribution in [-0.2, 0) is 9.53 Å². The third-order valence-corrected chi connectivity index (χ3v) is 3.71. The molecule has 1 rings (SSSR count). The Labute approximate surface area is 131 Å². The molecule has 0 aromatic heterocycles. The van der Waals surface area contributed by atoms with E-state index in [1.54, 1.807) is 12.2 Å². The number of hydrogen-bond acceptors (Lipinski definition) is 4. The number of hydroxylamine groups is 1. The summed E-state index contributed by atoms with van der Waals surface area (Å²) >= 11 is 0. The zero-order valence-electron chi connectivity index (χ0n) is 14.4. The van der Waals surface area contributed by atoms with Crippen LogP contribution in [0.2, 0.25) is 0 Å². The largest absolute Gasteiger partial charge is 0.596 e. The number of Topliss-reactive ketones (excluding diaryl/α,β-unsaturated/α-hetero) is 1. The van der Waals surface area contributed by atoms with E-state index < -0.39 is 16.4 Å². The van der Waals surface area contributed by atoms with E-state index in [9.17, 15) is 10.0 Å². The number of hydrogen-bond donors (Lipinski definition) is 1. The van der Waals surface area contributed by atoms with Gasteiger partial charge in [0.1, 0.15) is 6.61 Å². The predicted octanol–water partition coefficient (Wildman–Crippen LogP) is 3.25. The Morgan fingerprint density at radius 3 is 1.86 bits per heavy atom. The summed E-state index contributed by atoms with van der Waals surface area (Å²) in [4.78, 5) is 13.0. The molecule has 0 aliphatic heterocycles. The van der Waals surface area contributed by atoms with Crippen LogP contribution >= 0.6 is 0 Å². The molecule has 0 radical (unpaired) electrons. The van der Waals surface area contributed by atoms with Crippen molar-refractivity contribution >= 4 is 5.78 Å². The van der Waals surface area contributed by atoms with E-state index in [0.29, 0.717) is 11.1 Å². The fraction of sp³-hybridized carbons (Fsp3) is 0.688. The maximum absolute atomic E-state index is 12.8. The number of carbonyl (C=O) groups excluding carboxylic acids is 1. The van der Waals surface area contributed by atoms with Crippen molar-refractivity contribution in [3.05, 3.63) is 28.5 Å². The van der Waals surface area contributed by atoms with Crippen LogP contribution in [0.1, 0.15) is 41.5 Å². The van der Waals surface area contributed by atoms with Crippen molar-refractivity contribution in [1.82, 2.24) is 0 Å². The highest BCUT2D eigenvalue weighted by atomic mass is 16.6. The highest BCUT2D eigenvalue weighted by molar-refractivity contribution is 6.11. The quantitative estimate of drug-likeness (QED) is 0.492. The average Bonchev–Trinajstić information content (AvgIpc) is 2.37. The fourth-order valence-corrected chi connectivity index (χ4v) is 2.50. The third-order valence-electron chi connectivity index (χ3n) is 3.71. The Hall–Kier alpha value is -1.69. The summed E-state index contributed by atoms with van der Waals surface area (Å²) in [5, 5.41) is 23.9. The molecule has 1 aliphatic rings. The maximum atomic E-state index is 12.8. The van der Waals surface area contributed by atoms with Crippen LogP contribution in [0.4, 0.5) is 0 Å². The van der Waals surface area contributed by atoms with Crippen molar-refractivity contribution in [3.8, 4) is 0 Å². The molecule has 0 bridgehead atoms. The van der Waals surface area contributed by atoms with E-state index in [1.807, 2.05) is 41.5 Å². The number of ketones is 1. The Morgan fingerprint density at radius 1 is 1.18 bits per heavy atom. The molecule has 0 spiro atoms. The summed E-state index contributed by atoms with van der Waals surface area (Å²) in [5.74, 6) is -0.0851. The zero-order valence-corrected chi connectivity index (χ0v) is 14.4. The molecule has 6 heteroatoms. The number of nitrogens with zero attached hydrogens (tertiary/aromatic N) is 2. The summed E-state index contributed by atoms with van der Waals surface area (Å²) in [6.45, 7) is 11.4. The molecule has 0 aromatic carbocycles. The van der Waals surface area contributed by atoms with Crippen LogP contribution in [0.15, 0.2) is 28.6 Å². The number of methoxy groups -OCH3 is 1. The van der Waals surface area contributed by atoms with E-state index in [-0.39, 0.29) is 17.3 Å². The van der Waals surface area contributed by atoms with E-state index in [4.69, 9.17) is 9.94 Å². The average molecular weight is 310 g/mol. The lowest BCUT2D eigenvalue weighted by Gasteiger charge is -2.35. The third kappa shape index (κ3) is 3.38. The van der Waals surface area contributed by atoms with Crippen molar-refractivity contribution in [2.45, 2.75) is 47.1 Å². The Bertz CT molecular complexity index is 511. The molecule has 6 nitrogen and oxygen atoms in total. The van der Waals surface area contributed by atoms with E-state index in [0.717, 1.165) is 0 Å². The van der Waals surface area contributed by atoms with Crippen LogP contribution in [0.5, 0.6) is 0 Å². The molecular formula is C16H26N2O4. The lowest BCUT2D eigenvalue weighted by molar-refractivity contribution is -0.610. The zero-order chi connectivity index (χ0) is 17.3. The lowest BCUT2D eigenvalue weighted by Crippen LogP contribution is -2.45. The first kappa shape index (κ1) is 18.4. The van der Waals surface area contributed by atoms with Gasteiger partial charge >= 0.3 is 0 Å². The first-order valence-corrected chi connectivity index (χ1v) is 7.22. The number of allylic oxidation sites excluding steroid dienone is 2. The fourth-order valence-electron chi connectivity index (χ4n) is 2.50. The molecule has 0 heterocycles. The van der Waals surface area contributed by atoms with Gasteiger partial charge in [-0.2, -0.15) is 0 Å². The normalized spacial score (nSPS) is 19.8. The van der Waals surface area contributed by atoms with Crippen LogP contribution in [0.3, 0.4) is 0 Å². The molecule has 0 amide bonds. The summed E-state index contributed by atoms with van der Waals surface area (Å²) in [7, 11) is 1.46. The molecule has 22 heavy (non-hydrogen) atoms. The first-order chi connectivity index (χ1) is 9.89. The van der Waals surface area contributed by atoms with Crippen molar-refractivity contribution in [3.63, 3.8) is 0 Å². The summed E-state index contributed by atoms with van der Waals surface area (Å²) < 4.78 is 5.15.